The first kappa shape index (κ1) is 23.3. The average molecular weight is 410 g/mol. The fourth-order valence-corrected chi connectivity index (χ4v) is 3.79. The highest BCUT2D eigenvalue weighted by molar-refractivity contribution is 5.97. The minimum absolute atomic E-state index is 0.00555. The molecule has 1 fully saturated rings. The van der Waals surface area contributed by atoms with Crippen molar-refractivity contribution >= 4 is 17.7 Å². The molecular formula is C21H36FN5O2. The summed E-state index contributed by atoms with van der Waals surface area (Å²) in [6, 6.07) is -0.00555. The van der Waals surface area contributed by atoms with Crippen LogP contribution in [0.5, 0.6) is 0 Å². The van der Waals surface area contributed by atoms with Gasteiger partial charge < -0.3 is 21.5 Å². The number of alkyl halides is 1. The number of halogens is 1. The second kappa shape index (κ2) is 9.69. The van der Waals surface area contributed by atoms with Crippen molar-refractivity contribution in [2.24, 2.45) is 5.73 Å². The van der Waals surface area contributed by atoms with Crippen LogP contribution in [0.15, 0.2) is 6.20 Å². The van der Waals surface area contributed by atoms with Gasteiger partial charge in [0.1, 0.15) is 5.82 Å². The molecule has 4 atom stereocenters. The number of aromatic nitrogens is 2. The lowest BCUT2D eigenvalue weighted by Gasteiger charge is -2.35. The quantitative estimate of drug-likeness (QED) is 0.468. The maximum Gasteiger partial charge on any atom is 0.254 e. The van der Waals surface area contributed by atoms with Crippen LogP contribution in [0.3, 0.4) is 0 Å². The zero-order chi connectivity index (χ0) is 21.7. The van der Waals surface area contributed by atoms with E-state index in [1.54, 1.807) is 0 Å². The van der Waals surface area contributed by atoms with Gasteiger partial charge in [-0.25, -0.2) is 9.37 Å². The van der Waals surface area contributed by atoms with Crippen LogP contribution < -0.4 is 16.4 Å². The molecule has 5 N–H and O–H groups in total. The summed E-state index contributed by atoms with van der Waals surface area (Å²) in [5.74, 6) is 0.132. The van der Waals surface area contributed by atoms with Crippen molar-refractivity contribution in [2.75, 3.05) is 10.6 Å². The Kier molecular flexibility index (Phi) is 7.80. The largest absolute Gasteiger partial charge is 0.390 e. The van der Waals surface area contributed by atoms with Gasteiger partial charge in [-0.2, -0.15) is 4.98 Å². The molecule has 8 heteroatoms. The van der Waals surface area contributed by atoms with Gasteiger partial charge in [-0.1, -0.05) is 13.8 Å². The summed E-state index contributed by atoms with van der Waals surface area (Å²) >= 11 is 0. The lowest BCUT2D eigenvalue weighted by atomic mass is 9.83. The molecule has 164 valence electrons. The third-order valence-electron chi connectivity index (χ3n) is 6.00. The molecule has 0 spiro atoms. The van der Waals surface area contributed by atoms with Crippen molar-refractivity contribution in [1.29, 1.82) is 0 Å². The number of hydrogen-bond donors (Lipinski definition) is 4. The van der Waals surface area contributed by atoms with Gasteiger partial charge in [-0.05, 0) is 65.2 Å². The minimum atomic E-state index is -0.822. The van der Waals surface area contributed by atoms with Crippen LogP contribution in [0.1, 0.15) is 89.4 Å². The summed E-state index contributed by atoms with van der Waals surface area (Å²) in [5.41, 5.74) is 4.62. The Morgan fingerprint density at radius 2 is 2.24 bits per heavy atom. The van der Waals surface area contributed by atoms with Crippen molar-refractivity contribution in [3.63, 3.8) is 0 Å². The number of rotatable bonds is 10. The van der Waals surface area contributed by atoms with Crippen LogP contribution in [-0.2, 0) is 0 Å². The van der Waals surface area contributed by atoms with Crippen molar-refractivity contribution in [3.8, 4) is 0 Å². The van der Waals surface area contributed by atoms with Gasteiger partial charge in [0.25, 0.3) is 5.91 Å². The van der Waals surface area contributed by atoms with E-state index < -0.39 is 17.7 Å². The van der Waals surface area contributed by atoms with E-state index in [9.17, 15) is 14.3 Å². The molecule has 7 nitrogen and oxygen atoms in total. The molecule has 0 saturated heterocycles. The van der Waals surface area contributed by atoms with Gasteiger partial charge in [0.05, 0.1) is 17.3 Å². The lowest BCUT2D eigenvalue weighted by molar-refractivity contribution is 0.0182. The highest BCUT2D eigenvalue weighted by Crippen LogP contribution is 2.31. The molecule has 1 aromatic heterocycles. The summed E-state index contributed by atoms with van der Waals surface area (Å²) in [6.07, 6.45) is 6.08. The van der Waals surface area contributed by atoms with E-state index in [0.717, 1.165) is 25.7 Å². The third-order valence-corrected chi connectivity index (χ3v) is 6.00. The second-order valence-electron chi connectivity index (χ2n) is 8.84. The van der Waals surface area contributed by atoms with Crippen LogP contribution in [0.25, 0.3) is 0 Å². The molecule has 1 aromatic rings. The number of nitrogens with two attached hydrogens (primary N) is 1. The smallest absolute Gasteiger partial charge is 0.254 e. The topological polar surface area (TPSA) is 113 Å². The molecule has 1 aliphatic rings. The molecule has 29 heavy (non-hydrogen) atoms. The minimum Gasteiger partial charge on any atom is -0.390 e. The molecule has 0 aliphatic heterocycles. The molecule has 0 aromatic carbocycles. The SMILES string of the molecule is CCC(F)CCC(C)(CC)Nc1ncc(C(N)=O)c(NC2CCC[C@](C)(O)C2)n1. The summed E-state index contributed by atoms with van der Waals surface area (Å²) in [4.78, 5) is 20.6. The highest BCUT2D eigenvalue weighted by atomic mass is 19.1. The van der Waals surface area contributed by atoms with Crippen LogP contribution in [0.4, 0.5) is 16.2 Å². The Bertz CT molecular complexity index is 700. The number of primary amides is 1. The van der Waals surface area contributed by atoms with Gasteiger partial charge in [-0.15, -0.1) is 0 Å². The zero-order valence-corrected chi connectivity index (χ0v) is 18.1. The fraction of sp³-hybridized carbons (Fsp3) is 0.762. The van der Waals surface area contributed by atoms with E-state index >= 15 is 0 Å². The van der Waals surface area contributed by atoms with Crippen molar-refractivity contribution in [2.45, 2.75) is 102 Å². The van der Waals surface area contributed by atoms with E-state index in [-0.39, 0.29) is 17.1 Å². The van der Waals surface area contributed by atoms with E-state index in [2.05, 4.69) is 20.6 Å². The van der Waals surface area contributed by atoms with Gasteiger partial charge in [0.2, 0.25) is 5.95 Å². The van der Waals surface area contributed by atoms with Crippen molar-refractivity contribution in [1.82, 2.24) is 9.97 Å². The number of aliphatic hydroxyl groups is 1. The Morgan fingerprint density at radius 3 is 2.83 bits per heavy atom. The Labute approximate surface area is 173 Å². The molecule has 1 saturated carbocycles. The van der Waals surface area contributed by atoms with Crippen LogP contribution in [0, 0.1) is 0 Å². The standard InChI is InChI=1S/C21H36FN5O2/c1-5-14(22)9-11-20(3,6-2)27-19-24-13-16(17(23)28)18(26-19)25-15-8-7-10-21(4,29)12-15/h13-15,29H,5-12H2,1-4H3,(H2,23,28)(H2,24,25,26,27)/t14?,15?,20?,21-/m0/s1. The monoisotopic (exact) mass is 409 g/mol. The number of nitrogens with zero attached hydrogens (tertiary/aromatic N) is 2. The van der Waals surface area contributed by atoms with Crippen LogP contribution in [0.2, 0.25) is 0 Å². The Hall–Kier alpha value is -1.96. The fourth-order valence-electron chi connectivity index (χ4n) is 3.79. The normalized spacial score (nSPS) is 25.1. The summed E-state index contributed by atoms with van der Waals surface area (Å²) < 4.78 is 13.7. The Balaban J connectivity index is 2.19. The van der Waals surface area contributed by atoms with E-state index in [1.807, 2.05) is 27.7 Å². The maximum atomic E-state index is 13.7. The molecule has 3 unspecified atom stereocenters. The number of nitrogens with one attached hydrogen (secondary N) is 2. The van der Waals surface area contributed by atoms with Gasteiger partial charge in [-0.3, -0.25) is 4.79 Å². The van der Waals surface area contributed by atoms with Crippen LogP contribution in [-0.4, -0.2) is 44.3 Å². The predicted octanol–water partition coefficient (Wildman–Crippen LogP) is 3.79. The molecule has 2 rings (SSSR count). The first-order valence-electron chi connectivity index (χ1n) is 10.7. The molecular weight excluding hydrogens is 373 g/mol. The number of hydrogen-bond acceptors (Lipinski definition) is 6. The first-order valence-corrected chi connectivity index (χ1v) is 10.7. The van der Waals surface area contributed by atoms with Gasteiger partial charge >= 0.3 is 0 Å². The average Bonchev–Trinajstić information content (AvgIpc) is 2.65. The van der Waals surface area contributed by atoms with Gasteiger partial charge in [0.15, 0.2) is 0 Å². The van der Waals surface area contributed by atoms with E-state index in [4.69, 9.17) is 5.73 Å². The highest BCUT2D eigenvalue weighted by Gasteiger charge is 2.31. The van der Waals surface area contributed by atoms with E-state index in [1.165, 1.54) is 6.20 Å². The number of carbonyl (C=O) groups is 1. The van der Waals surface area contributed by atoms with Gasteiger partial charge in [0, 0.05) is 17.8 Å². The van der Waals surface area contributed by atoms with Crippen LogP contribution >= 0.6 is 0 Å². The molecule has 0 radical (unpaired) electrons. The summed E-state index contributed by atoms with van der Waals surface area (Å²) in [7, 11) is 0. The predicted molar refractivity (Wildman–Crippen MR) is 114 cm³/mol. The van der Waals surface area contributed by atoms with Crippen molar-refractivity contribution in [3.05, 3.63) is 11.8 Å². The third kappa shape index (κ3) is 6.80. The molecule has 1 heterocycles. The molecule has 1 aliphatic carbocycles. The van der Waals surface area contributed by atoms with E-state index in [0.29, 0.717) is 37.4 Å². The van der Waals surface area contributed by atoms with Crippen molar-refractivity contribution < 1.29 is 14.3 Å². The summed E-state index contributed by atoms with van der Waals surface area (Å²) in [5, 5.41) is 16.9. The zero-order valence-electron chi connectivity index (χ0n) is 18.1. The molecule has 0 bridgehead atoms. The second-order valence-corrected chi connectivity index (χ2v) is 8.84. The number of anilines is 2. The maximum absolute atomic E-state index is 13.7. The Morgan fingerprint density at radius 1 is 1.52 bits per heavy atom. The number of amides is 1. The molecule has 1 amide bonds. The lowest BCUT2D eigenvalue weighted by Crippen LogP contribution is -2.39. The first-order chi connectivity index (χ1) is 13.6. The summed E-state index contributed by atoms with van der Waals surface area (Å²) in [6.45, 7) is 7.72. The number of carbonyl (C=O) groups excluding carboxylic acids is 1.